The van der Waals surface area contributed by atoms with Crippen molar-refractivity contribution in [3.8, 4) is 22.3 Å². The number of benzene rings is 3. The second-order valence-corrected chi connectivity index (χ2v) is 5.32. The molecule has 0 aliphatic carbocycles. The summed E-state index contributed by atoms with van der Waals surface area (Å²) in [6.07, 6.45) is 3.81. The molecule has 0 saturated carbocycles. The van der Waals surface area contributed by atoms with Crippen molar-refractivity contribution in [3.05, 3.63) is 91.3 Å². The van der Waals surface area contributed by atoms with E-state index < -0.39 is 0 Å². The van der Waals surface area contributed by atoms with E-state index >= 15 is 0 Å². The third-order valence-corrected chi connectivity index (χ3v) is 3.97. The topological polar surface area (TPSA) is 12.9 Å². The number of hydrogen-bond acceptors (Lipinski definition) is 1. The van der Waals surface area contributed by atoms with Crippen LogP contribution in [0.2, 0.25) is 0 Å². The first kappa shape index (κ1) is 12.8. The molecular weight excluding hydrogens is 266 g/mol. The first-order chi connectivity index (χ1) is 10.9. The average molecular weight is 281 g/mol. The van der Waals surface area contributed by atoms with Gasteiger partial charge in [-0.2, -0.15) is 0 Å². The first-order valence-corrected chi connectivity index (χ1v) is 7.41. The van der Waals surface area contributed by atoms with Crippen molar-refractivity contribution in [2.75, 3.05) is 0 Å². The van der Waals surface area contributed by atoms with Crippen molar-refractivity contribution in [1.29, 1.82) is 0 Å². The zero-order valence-electron chi connectivity index (χ0n) is 12.1. The highest BCUT2D eigenvalue weighted by molar-refractivity contribution is 6.03. The molecule has 1 aromatic heterocycles. The molecule has 0 spiro atoms. The van der Waals surface area contributed by atoms with Gasteiger partial charge in [0.15, 0.2) is 0 Å². The standard InChI is InChI=1S/C21H15N/c1-3-7-16(8-4-1)19-12-11-17-13-14-22-15-20(17)21(19)18-9-5-2-6-10-18/h1-15H. The fraction of sp³-hybridized carbons (Fsp3) is 0. The predicted octanol–water partition coefficient (Wildman–Crippen LogP) is 5.57. The number of nitrogens with zero attached hydrogens (tertiary/aromatic N) is 1. The highest BCUT2D eigenvalue weighted by Gasteiger charge is 2.11. The Morgan fingerprint density at radius 2 is 1.27 bits per heavy atom. The molecule has 1 nitrogen and oxygen atoms in total. The normalized spacial score (nSPS) is 10.7. The van der Waals surface area contributed by atoms with Gasteiger partial charge in [0.25, 0.3) is 0 Å². The van der Waals surface area contributed by atoms with E-state index in [0.29, 0.717) is 0 Å². The molecule has 1 heteroatoms. The Morgan fingerprint density at radius 3 is 2.00 bits per heavy atom. The van der Waals surface area contributed by atoms with Crippen LogP contribution in [0.25, 0.3) is 33.0 Å². The smallest absolute Gasteiger partial charge is 0.0352 e. The highest BCUT2D eigenvalue weighted by Crippen LogP contribution is 2.37. The van der Waals surface area contributed by atoms with Crippen molar-refractivity contribution in [1.82, 2.24) is 4.98 Å². The van der Waals surface area contributed by atoms with Gasteiger partial charge in [-0.15, -0.1) is 0 Å². The van der Waals surface area contributed by atoms with Crippen molar-refractivity contribution in [3.63, 3.8) is 0 Å². The minimum atomic E-state index is 1.19. The molecule has 3 aromatic carbocycles. The molecule has 0 saturated heterocycles. The second kappa shape index (κ2) is 5.45. The lowest BCUT2D eigenvalue weighted by atomic mass is 9.91. The molecule has 22 heavy (non-hydrogen) atoms. The number of rotatable bonds is 2. The van der Waals surface area contributed by atoms with E-state index in [1.807, 2.05) is 18.5 Å². The molecule has 0 N–H and O–H groups in total. The van der Waals surface area contributed by atoms with E-state index in [1.165, 1.54) is 33.0 Å². The maximum Gasteiger partial charge on any atom is 0.0352 e. The van der Waals surface area contributed by atoms with Crippen LogP contribution in [0, 0.1) is 0 Å². The van der Waals surface area contributed by atoms with Crippen LogP contribution in [0.3, 0.4) is 0 Å². The minimum Gasteiger partial charge on any atom is -0.264 e. The van der Waals surface area contributed by atoms with E-state index in [0.717, 1.165) is 0 Å². The molecule has 1 heterocycles. The molecule has 0 fully saturated rings. The van der Waals surface area contributed by atoms with E-state index in [9.17, 15) is 0 Å². The summed E-state index contributed by atoms with van der Waals surface area (Å²) in [4.78, 5) is 4.33. The van der Waals surface area contributed by atoms with Crippen molar-refractivity contribution in [2.24, 2.45) is 0 Å². The summed E-state index contributed by atoms with van der Waals surface area (Å²) >= 11 is 0. The molecule has 4 rings (SSSR count). The molecule has 4 aromatic rings. The fourth-order valence-electron chi connectivity index (χ4n) is 2.94. The Morgan fingerprint density at radius 1 is 0.591 bits per heavy atom. The van der Waals surface area contributed by atoms with Crippen LogP contribution >= 0.6 is 0 Å². The Balaban J connectivity index is 2.09. The van der Waals surface area contributed by atoms with Gasteiger partial charge in [0.2, 0.25) is 0 Å². The maximum absolute atomic E-state index is 4.33. The summed E-state index contributed by atoms with van der Waals surface area (Å²) in [6.45, 7) is 0. The van der Waals surface area contributed by atoms with Gasteiger partial charge in [0, 0.05) is 17.8 Å². The van der Waals surface area contributed by atoms with Crippen LogP contribution < -0.4 is 0 Å². The summed E-state index contributed by atoms with van der Waals surface area (Å²) < 4.78 is 0. The SMILES string of the molecule is c1ccc(-c2ccc3ccncc3c2-c2ccccc2)cc1. The maximum atomic E-state index is 4.33. The van der Waals surface area contributed by atoms with Gasteiger partial charge < -0.3 is 0 Å². The van der Waals surface area contributed by atoms with Crippen LogP contribution in [0.15, 0.2) is 91.3 Å². The van der Waals surface area contributed by atoms with Gasteiger partial charge in [-0.25, -0.2) is 0 Å². The quantitative estimate of drug-likeness (QED) is 0.468. The summed E-state index contributed by atoms with van der Waals surface area (Å²) in [5, 5.41) is 2.41. The van der Waals surface area contributed by atoms with Gasteiger partial charge in [-0.3, -0.25) is 4.98 Å². The Kier molecular flexibility index (Phi) is 3.17. The Hall–Kier alpha value is -2.93. The van der Waals surface area contributed by atoms with E-state index in [2.05, 4.69) is 77.8 Å². The number of fused-ring (bicyclic) bond motifs is 1. The zero-order chi connectivity index (χ0) is 14.8. The van der Waals surface area contributed by atoms with Crippen molar-refractivity contribution in [2.45, 2.75) is 0 Å². The molecule has 0 atom stereocenters. The molecule has 104 valence electrons. The van der Waals surface area contributed by atoms with Gasteiger partial charge in [-0.05, 0) is 33.7 Å². The van der Waals surface area contributed by atoms with Crippen LogP contribution in [-0.4, -0.2) is 4.98 Å². The average Bonchev–Trinajstić information content (AvgIpc) is 2.62. The third kappa shape index (κ3) is 2.17. The molecule has 0 aliphatic rings. The monoisotopic (exact) mass is 281 g/mol. The van der Waals surface area contributed by atoms with Crippen LogP contribution in [-0.2, 0) is 0 Å². The predicted molar refractivity (Wildman–Crippen MR) is 92.6 cm³/mol. The largest absolute Gasteiger partial charge is 0.264 e. The van der Waals surface area contributed by atoms with Gasteiger partial charge in [0.1, 0.15) is 0 Å². The van der Waals surface area contributed by atoms with E-state index in [4.69, 9.17) is 0 Å². The molecule has 0 bridgehead atoms. The Bertz CT molecular complexity index is 912. The third-order valence-electron chi connectivity index (χ3n) is 3.97. The highest BCUT2D eigenvalue weighted by atomic mass is 14.6. The minimum absolute atomic E-state index is 1.19. The number of hydrogen-bond donors (Lipinski definition) is 0. The summed E-state index contributed by atoms with van der Waals surface area (Å²) in [5.74, 6) is 0. The lowest BCUT2D eigenvalue weighted by Gasteiger charge is -2.13. The van der Waals surface area contributed by atoms with Crippen LogP contribution in [0.4, 0.5) is 0 Å². The molecule has 0 amide bonds. The van der Waals surface area contributed by atoms with E-state index in [-0.39, 0.29) is 0 Å². The molecule has 0 aliphatic heterocycles. The van der Waals surface area contributed by atoms with Crippen molar-refractivity contribution < 1.29 is 0 Å². The van der Waals surface area contributed by atoms with E-state index in [1.54, 1.807) is 0 Å². The summed E-state index contributed by atoms with van der Waals surface area (Å²) in [7, 11) is 0. The summed E-state index contributed by atoms with van der Waals surface area (Å²) in [5.41, 5.74) is 4.94. The van der Waals surface area contributed by atoms with Crippen LogP contribution in [0.1, 0.15) is 0 Å². The second-order valence-electron chi connectivity index (χ2n) is 5.32. The van der Waals surface area contributed by atoms with Crippen molar-refractivity contribution >= 4 is 10.8 Å². The number of aromatic nitrogens is 1. The zero-order valence-corrected chi connectivity index (χ0v) is 12.1. The van der Waals surface area contributed by atoms with Gasteiger partial charge >= 0.3 is 0 Å². The lowest BCUT2D eigenvalue weighted by Crippen LogP contribution is -1.88. The fourth-order valence-corrected chi connectivity index (χ4v) is 2.94. The van der Waals surface area contributed by atoms with Crippen LogP contribution in [0.5, 0.6) is 0 Å². The number of pyridine rings is 1. The van der Waals surface area contributed by atoms with Gasteiger partial charge in [0.05, 0.1) is 0 Å². The lowest BCUT2D eigenvalue weighted by molar-refractivity contribution is 1.36. The Labute approximate surface area is 129 Å². The molecule has 0 radical (unpaired) electrons. The summed E-state index contributed by atoms with van der Waals surface area (Å²) in [6, 6.07) is 27.5. The van der Waals surface area contributed by atoms with Gasteiger partial charge in [-0.1, -0.05) is 72.8 Å². The molecule has 0 unspecified atom stereocenters. The first-order valence-electron chi connectivity index (χ1n) is 7.41. The molecular formula is C21H15N.